The maximum atomic E-state index is 13.8. The van der Waals surface area contributed by atoms with Gasteiger partial charge in [-0.15, -0.1) is 0 Å². The molecule has 1 aromatic heterocycles. The molecular formula is C18H14FN5. The molecule has 0 unspecified atom stereocenters. The van der Waals surface area contributed by atoms with Crippen molar-refractivity contribution in [2.24, 2.45) is 0 Å². The van der Waals surface area contributed by atoms with Crippen molar-refractivity contribution >= 4 is 23.1 Å². The molecule has 0 radical (unpaired) electrons. The van der Waals surface area contributed by atoms with Gasteiger partial charge >= 0.3 is 0 Å². The minimum Gasteiger partial charge on any atom is -0.338 e. The summed E-state index contributed by atoms with van der Waals surface area (Å²) in [6, 6.07) is 17.3. The van der Waals surface area contributed by atoms with Crippen LogP contribution in [0.4, 0.5) is 27.5 Å². The number of aryl methyl sites for hydroxylation is 1. The highest BCUT2D eigenvalue weighted by Crippen LogP contribution is 2.22. The highest BCUT2D eigenvalue weighted by Gasteiger charge is 2.07. The Morgan fingerprint density at radius 3 is 2.42 bits per heavy atom. The van der Waals surface area contributed by atoms with Crippen LogP contribution < -0.4 is 10.6 Å². The van der Waals surface area contributed by atoms with E-state index < -0.39 is 0 Å². The van der Waals surface area contributed by atoms with Crippen LogP contribution in [0.1, 0.15) is 11.3 Å². The van der Waals surface area contributed by atoms with Gasteiger partial charge in [0.05, 0.1) is 16.9 Å². The number of rotatable bonds is 4. The normalized spacial score (nSPS) is 10.0. The number of nitrogens with one attached hydrogen (secondary N) is 2. The van der Waals surface area contributed by atoms with Crippen molar-refractivity contribution in [2.45, 2.75) is 6.92 Å². The van der Waals surface area contributed by atoms with Gasteiger partial charge in [0.1, 0.15) is 17.7 Å². The Bertz CT molecular complexity index is 917. The number of aromatic nitrogens is 2. The van der Waals surface area contributed by atoms with E-state index in [2.05, 4.69) is 26.7 Å². The third kappa shape index (κ3) is 3.47. The molecule has 0 atom stereocenters. The summed E-state index contributed by atoms with van der Waals surface area (Å²) in [5.74, 6) is 0.430. The molecule has 3 aromatic rings. The van der Waals surface area contributed by atoms with E-state index in [9.17, 15) is 4.39 Å². The lowest BCUT2D eigenvalue weighted by Crippen LogP contribution is -2.04. The van der Waals surface area contributed by atoms with Crippen LogP contribution in [0.3, 0.4) is 0 Å². The van der Waals surface area contributed by atoms with Crippen molar-refractivity contribution in [3.05, 3.63) is 71.7 Å². The highest BCUT2D eigenvalue weighted by atomic mass is 19.1. The lowest BCUT2D eigenvalue weighted by atomic mass is 10.2. The predicted molar refractivity (Wildman–Crippen MR) is 90.9 cm³/mol. The summed E-state index contributed by atoms with van der Waals surface area (Å²) in [4.78, 5) is 8.63. The van der Waals surface area contributed by atoms with E-state index in [0.717, 1.165) is 0 Å². The van der Waals surface area contributed by atoms with E-state index in [1.54, 1.807) is 42.5 Å². The molecule has 1 heterocycles. The second-order valence-corrected chi connectivity index (χ2v) is 5.11. The summed E-state index contributed by atoms with van der Waals surface area (Å²) in [5.41, 5.74) is 2.15. The Hall–Kier alpha value is -3.46. The summed E-state index contributed by atoms with van der Waals surface area (Å²) >= 11 is 0. The monoisotopic (exact) mass is 319 g/mol. The minimum absolute atomic E-state index is 0.330. The lowest BCUT2D eigenvalue weighted by molar-refractivity contribution is 0.632. The molecule has 0 aliphatic rings. The molecule has 5 nitrogen and oxygen atoms in total. The Labute approximate surface area is 138 Å². The SMILES string of the molecule is Cc1cc(Nc2ccccc2F)nc(Nc2ccccc2C#N)n1. The first-order chi connectivity index (χ1) is 11.7. The van der Waals surface area contributed by atoms with Gasteiger partial charge in [-0.25, -0.2) is 9.37 Å². The molecule has 0 saturated heterocycles. The Kier molecular flexibility index (Phi) is 4.34. The van der Waals surface area contributed by atoms with E-state index >= 15 is 0 Å². The first kappa shape index (κ1) is 15.4. The number of anilines is 4. The first-order valence-corrected chi connectivity index (χ1v) is 7.29. The molecule has 0 fully saturated rings. The number of nitrogens with zero attached hydrogens (tertiary/aromatic N) is 3. The van der Waals surface area contributed by atoms with E-state index in [0.29, 0.717) is 34.4 Å². The zero-order valence-corrected chi connectivity index (χ0v) is 12.9. The molecular weight excluding hydrogens is 305 g/mol. The molecule has 0 aliphatic carbocycles. The number of hydrogen-bond donors (Lipinski definition) is 2. The van der Waals surface area contributed by atoms with Crippen LogP contribution in [0.5, 0.6) is 0 Å². The molecule has 0 spiro atoms. The molecule has 0 bridgehead atoms. The average molecular weight is 319 g/mol. The van der Waals surface area contributed by atoms with Crippen LogP contribution in [-0.2, 0) is 0 Å². The predicted octanol–water partition coefficient (Wildman–Crippen LogP) is 4.28. The number of para-hydroxylation sites is 2. The van der Waals surface area contributed by atoms with Crippen molar-refractivity contribution in [3.8, 4) is 6.07 Å². The van der Waals surface area contributed by atoms with Crippen LogP contribution in [0.25, 0.3) is 0 Å². The Morgan fingerprint density at radius 2 is 1.67 bits per heavy atom. The van der Waals surface area contributed by atoms with Gasteiger partial charge in [0.25, 0.3) is 0 Å². The van der Waals surface area contributed by atoms with Gasteiger partial charge in [-0.1, -0.05) is 24.3 Å². The third-order valence-corrected chi connectivity index (χ3v) is 3.28. The van der Waals surface area contributed by atoms with Crippen LogP contribution in [-0.4, -0.2) is 9.97 Å². The standard InChI is InChI=1S/C18H14FN5/c1-12-10-17(22-16-9-5-3-7-14(16)19)24-18(21-12)23-15-8-4-2-6-13(15)11-20/h2-10H,1H3,(H2,21,22,23,24). The molecule has 0 saturated carbocycles. The van der Waals surface area contributed by atoms with Crippen molar-refractivity contribution in [1.29, 1.82) is 5.26 Å². The highest BCUT2D eigenvalue weighted by molar-refractivity contribution is 5.64. The molecule has 0 amide bonds. The summed E-state index contributed by atoms with van der Waals surface area (Å²) in [6.45, 7) is 1.82. The maximum absolute atomic E-state index is 13.8. The Balaban J connectivity index is 1.89. The zero-order chi connectivity index (χ0) is 16.9. The van der Waals surface area contributed by atoms with Crippen LogP contribution >= 0.6 is 0 Å². The van der Waals surface area contributed by atoms with Crippen LogP contribution in [0.15, 0.2) is 54.6 Å². The lowest BCUT2D eigenvalue weighted by Gasteiger charge is -2.11. The molecule has 0 aliphatic heterocycles. The van der Waals surface area contributed by atoms with Crippen molar-refractivity contribution in [3.63, 3.8) is 0 Å². The van der Waals surface area contributed by atoms with Gasteiger partial charge < -0.3 is 10.6 Å². The van der Waals surface area contributed by atoms with E-state index in [4.69, 9.17) is 5.26 Å². The number of hydrogen-bond acceptors (Lipinski definition) is 5. The van der Waals surface area contributed by atoms with Crippen molar-refractivity contribution < 1.29 is 4.39 Å². The quantitative estimate of drug-likeness (QED) is 0.750. The summed E-state index contributed by atoms with van der Waals surface area (Å²) in [6.07, 6.45) is 0. The summed E-state index contributed by atoms with van der Waals surface area (Å²) in [5, 5.41) is 15.1. The van der Waals surface area contributed by atoms with Gasteiger partial charge in [0.2, 0.25) is 5.95 Å². The molecule has 2 aromatic carbocycles. The first-order valence-electron chi connectivity index (χ1n) is 7.29. The minimum atomic E-state index is -0.363. The molecule has 6 heteroatoms. The molecule has 2 N–H and O–H groups in total. The number of benzene rings is 2. The van der Waals surface area contributed by atoms with Gasteiger partial charge in [0, 0.05) is 11.8 Å². The fourth-order valence-corrected chi connectivity index (χ4v) is 2.20. The maximum Gasteiger partial charge on any atom is 0.229 e. The van der Waals surface area contributed by atoms with Gasteiger partial charge in [0.15, 0.2) is 0 Å². The summed E-state index contributed by atoms with van der Waals surface area (Å²) in [7, 11) is 0. The average Bonchev–Trinajstić information content (AvgIpc) is 2.57. The fourth-order valence-electron chi connectivity index (χ4n) is 2.20. The second kappa shape index (κ2) is 6.75. The van der Waals surface area contributed by atoms with Gasteiger partial charge in [-0.3, -0.25) is 0 Å². The Morgan fingerprint density at radius 1 is 0.958 bits per heavy atom. The van der Waals surface area contributed by atoms with Crippen LogP contribution in [0, 0.1) is 24.1 Å². The van der Waals surface area contributed by atoms with E-state index in [1.165, 1.54) is 6.07 Å². The topological polar surface area (TPSA) is 73.6 Å². The van der Waals surface area contributed by atoms with Crippen molar-refractivity contribution in [1.82, 2.24) is 9.97 Å². The zero-order valence-electron chi connectivity index (χ0n) is 12.9. The van der Waals surface area contributed by atoms with E-state index in [1.807, 2.05) is 13.0 Å². The smallest absolute Gasteiger partial charge is 0.229 e. The number of halogens is 1. The number of nitriles is 1. The van der Waals surface area contributed by atoms with Gasteiger partial charge in [-0.05, 0) is 31.2 Å². The summed E-state index contributed by atoms with van der Waals surface area (Å²) < 4.78 is 13.8. The molecule has 3 rings (SSSR count). The molecule has 118 valence electrons. The molecule has 24 heavy (non-hydrogen) atoms. The third-order valence-electron chi connectivity index (χ3n) is 3.28. The van der Waals surface area contributed by atoms with Crippen LogP contribution in [0.2, 0.25) is 0 Å². The van der Waals surface area contributed by atoms with Gasteiger partial charge in [-0.2, -0.15) is 10.2 Å². The second-order valence-electron chi connectivity index (χ2n) is 5.11. The fraction of sp³-hybridized carbons (Fsp3) is 0.0556. The van der Waals surface area contributed by atoms with E-state index in [-0.39, 0.29) is 5.82 Å². The largest absolute Gasteiger partial charge is 0.338 e. The van der Waals surface area contributed by atoms with Crippen molar-refractivity contribution in [2.75, 3.05) is 10.6 Å².